The van der Waals surface area contributed by atoms with E-state index in [0.717, 1.165) is 28.6 Å². The second kappa shape index (κ2) is 6.98. The van der Waals surface area contributed by atoms with E-state index >= 15 is 0 Å². The molecule has 5 nitrogen and oxygen atoms in total. The van der Waals surface area contributed by atoms with Gasteiger partial charge in [0.05, 0.1) is 6.26 Å². The topological polar surface area (TPSA) is 55.5 Å². The Morgan fingerprint density at radius 1 is 0.903 bits per heavy atom. The largest absolute Gasteiger partial charge is 0.459 e. The molecule has 4 heterocycles. The number of piperidine rings is 1. The summed E-state index contributed by atoms with van der Waals surface area (Å²) in [5.74, 6) is 0.756. The van der Waals surface area contributed by atoms with Crippen molar-refractivity contribution < 1.29 is 9.21 Å². The van der Waals surface area contributed by atoms with Crippen molar-refractivity contribution >= 4 is 16.7 Å². The van der Waals surface area contributed by atoms with Crippen molar-refractivity contribution in [2.24, 2.45) is 5.92 Å². The number of pyridine rings is 1. The van der Waals surface area contributed by atoms with Crippen LogP contribution in [-0.4, -0.2) is 28.5 Å². The minimum absolute atomic E-state index is 0.0632. The number of carbonyl (C=O) groups is 1. The first-order valence-corrected chi connectivity index (χ1v) is 10.7. The molecule has 0 unspecified atom stereocenters. The van der Waals surface area contributed by atoms with Gasteiger partial charge in [0.25, 0.3) is 11.5 Å². The van der Waals surface area contributed by atoms with E-state index in [9.17, 15) is 9.59 Å². The highest BCUT2D eigenvalue weighted by Gasteiger charge is 2.37. The summed E-state index contributed by atoms with van der Waals surface area (Å²) in [6.45, 7) is 1.92. The minimum Gasteiger partial charge on any atom is -0.459 e. The van der Waals surface area contributed by atoms with Gasteiger partial charge in [0, 0.05) is 36.8 Å². The molecule has 0 saturated carbocycles. The third-order valence-electron chi connectivity index (χ3n) is 6.68. The van der Waals surface area contributed by atoms with Gasteiger partial charge < -0.3 is 13.9 Å². The monoisotopic (exact) mass is 410 g/mol. The van der Waals surface area contributed by atoms with E-state index in [-0.39, 0.29) is 23.3 Å². The zero-order chi connectivity index (χ0) is 20.9. The van der Waals surface area contributed by atoms with E-state index in [2.05, 4.69) is 30.3 Å². The van der Waals surface area contributed by atoms with Crippen LogP contribution in [0.15, 0.2) is 82.2 Å². The van der Waals surface area contributed by atoms with Crippen molar-refractivity contribution in [1.82, 2.24) is 9.47 Å². The normalized spacial score (nSPS) is 19.9. The van der Waals surface area contributed by atoms with Crippen LogP contribution in [0, 0.1) is 5.92 Å². The highest BCUT2D eigenvalue weighted by atomic mass is 16.3. The smallest absolute Gasteiger partial charge is 0.289 e. The van der Waals surface area contributed by atoms with Gasteiger partial charge in [0.1, 0.15) is 0 Å². The summed E-state index contributed by atoms with van der Waals surface area (Å²) in [5.41, 5.74) is 2.78. The lowest BCUT2D eigenvalue weighted by molar-refractivity contribution is 0.0564. The Balaban J connectivity index is 1.35. The van der Waals surface area contributed by atoms with Crippen LogP contribution in [0.2, 0.25) is 0 Å². The summed E-state index contributed by atoms with van der Waals surface area (Å²) in [6.07, 6.45) is 2.54. The molecule has 0 N–H and O–H groups in total. The fraction of sp³-hybridized carbons (Fsp3) is 0.231. The van der Waals surface area contributed by atoms with Gasteiger partial charge in [0.2, 0.25) is 0 Å². The molecule has 2 aliphatic rings. The molecule has 0 radical (unpaired) electrons. The van der Waals surface area contributed by atoms with Crippen LogP contribution < -0.4 is 5.56 Å². The molecule has 2 atom stereocenters. The van der Waals surface area contributed by atoms with Crippen molar-refractivity contribution in [2.75, 3.05) is 13.1 Å². The number of hydrogen-bond acceptors (Lipinski definition) is 3. The quantitative estimate of drug-likeness (QED) is 0.488. The lowest BCUT2D eigenvalue weighted by Gasteiger charge is -2.42. The molecule has 2 aliphatic heterocycles. The molecule has 5 heteroatoms. The number of rotatable bonds is 2. The predicted octanol–water partition coefficient (Wildman–Crippen LogP) is 4.52. The molecule has 0 aliphatic carbocycles. The third-order valence-corrected chi connectivity index (χ3v) is 6.68. The van der Waals surface area contributed by atoms with Crippen LogP contribution in [0.4, 0.5) is 0 Å². The number of nitrogens with zero attached hydrogens (tertiary/aromatic N) is 2. The molecule has 1 fully saturated rings. The lowest BCUT2D eigenvalue weighted by atomic mass is 9.82. The van der Waals surface area contributed by atoms with E-state index in [0.29, 0.717) is 25.4 Å². The summed E-state index contributed by atoms with van der Waals surface area (Å²) < 4.78 is 7.25. The molecule has 1 saturated heterocycles. The maximum absolute atomic E-state index is 13.5. The SMILES string of the molecule is O=C(c1ccco1)N1C[C@@H]2C[C@H](C1)c1ccc(-c3ccc4ccccc4c3)c(=O)n1C2. The summed E-state index contributed by atoms with van der Waals surface area (Å²) in [5, 5.41) is 2.30. The Kier molecular flexibility index (Phi) is 4.10. The van der Waals surface area contributed by atoms with E-state index in [4.69, 9.17) is 4.42 Å². The molecule has 6 rings (SSSR count). The molecule has 2 aromatic heterocycles. The predicted molar refractivity (Wildman–Crippen MR) is 119 cm³/mol. The van der Waals surface area contributed by atoms with E-state index in [1.165, 1.54) is 11.6 Å². The first kappa shape index (κ1) is 18.2. The number of hydrogen-bond donors (Lipinski definition) is 0. The second-order valence-corrected chi connectivity index (χ2v) is 8.64. The van der Waals surface area contributed by atoms with Gasteiger partial charge in [-0.25, -0.2) is 0 Å². The Labute approximate surface area is 179 Å². The van der Waals surface area contributed by atoms with Crippen LogP contribution in [0.5, 0.6) is 0 Å². The minimum atomic E-state index is -0.0664. The van der Waals surface area contributed by atoms with E-state index in [1.54, 1.807) is 12.1 Å². The zero-order valence-corrected chi connectivity index (χ0v) is 17.0. The van der Waals surface area contributed by atoms with Gasteiger partial charge in [-0.2, -0.15) is 0 Å². The molecule has 154 valence electrons. The van der Waals surface area contributed by atoms with Gasteiger partial charge in [-0.15, -0.1) is 0 Å². The number of fused-ring (bicyclic) bond motifs is 5. The van der Waals surface area contributed by atoms with Crippen LogP contribution >= 0.6 is 0 Å². The number of amides is 1. The summed E-state index contributed by atoms with van der Waals surface area (Å²) in [4.78, 5) is 28.1. The summed E-state index contributed by atoms with van der Waals surface area (Å²) >= 11 is 0. The van der Waals surface area contributed by atoms with E-state index in [1.807, 2.05) is 33.7 Å². The van der Waals surface area contributed by atoms with Gasteiger partial charge in [-0.05, 0) is 59.0 Å². The molecule has 0 spiro atoms. The third kappa shape index (κ3) is 3.00. The maximum Gasteiger partial charge on any atom is 0.289 e. The average molecular weight is 410 g/mol. The Morgan fingerprint density at radius 2 is 1.77 bits per heavy atom. The average Bonchev–Trinajstić information content (AvgIpc) is 3.34. The molecular formula is C26H22N2O3. The molecule has 1 amide bonds. The zero-order valence-electron chi connectivity index (χ0n) is 17.0. The number of aromatic nitrogens is 1. The molecule has 31 heavy (non-hydrogen) atoms. The van der Waals surface area contributed by atoms with Crippen LogP contribution in [0.3, 0.4) is 0 Å². The number of carbonyl (C=O) groups excluding carboxylic acids is 1. The fourth-order valence-corrected chi connectivity index (χ4v) is 5.24. The van der Waals surface area contributed by atoms with Crippen molar-refractivity contribution in [1.29, 1.82) is 0 Å². The van der Waals surface area contributed by atoms with Gasteiger partial charge >= 0.3 is 0 Å². The van der Waals surface area contributed by atoms with Crippen LogP contribution in [0.25, 0.3) is 21.9 Å². The van der Waals surface area contributed by atoms with Gasteiger partial charge in [-0.1, -0.05) is 36.4 Å². The fourth-order valence-electron chi connectivity index (χ4n) is 5.24. The Morgan fingerprint density at radius 3 is 2.61 bits per heavy atom. The van der Waals surface area contributed by atoms with Crippen molar-refractivity contribution in [2.45, 2.75) is 18.9 Å². The second-order valence-electron chi connectivity index (χ2n) is 8.64. The van der Waals surface area contributed by atoms with Crippen molar-refractivity contribution in [3.8, 4) is 11.1 Å². The summed E-state index contributed by atoms with van der Waals surface area (Å²) in [7, 11) is 0. The maximum atomic E-state index is 13.5. The Bertz CT molecular complexity index is 1350. The highest BCUT2D eigenvalue weighted by molar-refractivity contribution is 5.91. The molecule has 2 bridgehead atoms. The standard InChI is InChI=1S/C26H22N2O3/c29-25-22(20-8-7-18-4-1-2-5-19(18)13-20)9-10-23-21-12-17(15-28(23)25)14-27(16-21)26(30)24-6-3-11-31-24/h1-11,13,17,21H,12,14-16H2/t17-,21+/m0/s1. The number of benzene rings is 2. The van der Waals surface area contributed by atoms with Gasteiger partial charge in [-0.3, -0.25) is 9.59 Å². The molecule has 4 aromatic rings. The van der Waals surface area contributed by atoms with E-state index < -0.39 is 0 Å². The Hall–Kier alpha value is -3.60. The van der Waals surface area contributed by atoms with Crippen molar-refractivity contribution in [3.63, 3.8) is 0 Å². The van der Waals surface area contributed by atoms with Gasteiger partial charge in [0.15, 0.2) is 5.76 Å². The van der Waals surface area contributed by atoms with Crippen LogP contribution in [0.1, 0.15) is 28.6 Å². The van der Waals surface area contributed by atoms with Crippen LogP contribution in [-0.2, 0) is 6.54 Å². The first-order valence-electron chi connectivity index (χ1n) is 10.7. The molecule has 2 aromatic carbocycles. The number of likely N-dealkylation sites (tertiary alicyclic amines) is 1. The number of furan rings is 1. The highest BCUT2D eigenvalue weighted by Crippen LogP contribution is 2.36. The first-order chi connectivity index (χ1) is 15.2. The lowest BCUT2D eigenvalue weighted by Crippen LogP contribution is -2.49. The van der Waals surface area contributed by atoms with Crippen molar-refractivity contribution in [3.05, 3.63) is 94.8 Å². The molecular weight excluding hydrogens is 388 g/mol. The summed E-state index contributed by atoms with van der Waals surface area (Å²) in [6, 6.07) is 21.9.